The van der Waals surface area contributed by atoms with Gasteiger partial charge in [-0.3, -0.25) is 0 Å². The monoisotopic (exact) mass is 256 g/mol. The molecule has 0 bridgehead atoms. The molecule has 0 aliphatic heterocycles. The maximum absolute atomic E-state index is 11.0. The molecule has 0 fully saturated rings. The quantitative estimate of drug-likeness (QED) is 0.396. The fraction of sp³-hybridized carbons (Fsp3) is 0.667. The van der Waals surface area contributed by atoms with E-state index in [9.17, 15) is 9.59 Å². The van der Waals surface area contributed by atoms with Gasteiger partial charge >= 0.3 is 82.8 Å². The Morgan fingerprint density at radius 3 is 2.38 bits per heavy atom. The van der Waals surface area contributed by atoms with E-state index in [0.717, 1.165) is 0 Å². The molecule has 0 saturated heterocycles. The summed E-state index contributed by atoms with van der Waals surface area (Å²) in [6, 6.07) is -2.04. The number of carbonyl (C=O) groups is 2. The van der Waals surface area contributed by atoms with E-state index < -0.39 is 30.6 Å². The number of aliphatic hydroxyl groups is 1. The van der Waals surface area contributed by atoms with Crippen molar-refractivity contribution < 1.29 is 19.8 Å². The van der Waals surface area contributed by atoms with Crippen LogP contribution in [-0.4, -0.2) is 56.8 Å². The first-order chi connectivity index (χ1) is 6.02. The zero-order valence-electron chi connectivity index (χ0n) is 6.80. The van der Waals surface area contributed by atoms with E-state index in [1.807, 2.05) is 0 Å². The summed E-state index contributed by atoms with van der Waals surface area (Å²) in [6.45, 7) is -0.646. The van der Waals surface area contributed by atoms with E-state index in [4.69, 9.17) is 15.9 Å². The van der Waals surface area contributed by atoms with Crippen molar-refractivity contribution in [2.24, 2.45) is 5.73 Å². The van der Waals surface area contributed by atoms with Gasteiger partial charge in [0.2, 0.25) is 0 Å². The number of nitrogens with one attached hydrogen (secondary N) is 1. The van der Waals surface area contributed by atoms with Gasteiger partial charge in [0.1, 0.15) is 0 Å². The van der Waals surface area contributed by atoms with Gasteiger partial charge in [-0.15, -0.1) is 0 Å². The van der Waals surface area contributed by atoms with E-state index in [-0.39, 0.29) is 0 Å². The normalized spacial score (nSPS) is 14.7. The SMILES string of the molecule is N[C@@H](C[SeH])C(=O)N[C@@H](CO)C(=O)O. The Morgan fingerprint density at radius 2 is 2.08 bits per heavy atom. The number of rotatable bonds is 5. The standard InChI is InChI=1S/C6H12N2O4Se/c7-3(2-13)5(10)8-4(1-9)6(11)12/h3-4,9,13H,1-2,7H2,(H,8,10)(H,11,12)/t3-,4-/m0/s1. The number of carboxylic acids is 1. The second-order valence-electron chi connectivity index (χ2n) is 2.37. The molecule has 76 valence electrons. The first-order valence-corrected chi connectivity index (χ1v) is 4.86. The molecule has 0 saturated carbocycles. The number of carboxylic acid groups (broad SMARTS) is 1. The van der Waals surface area contributed by atoms with Gasteiger partial charge in [0, 0.05) is 0 Å². The van der Waals surface area contributed by atoms with Crippen molar-refractivity contribution in [3.05, 3.63) is 0 Å². The average Bonchev–Trinajstić information content (AvgIpc) is 2.11. The molecule has 5 N–H and O–H groups in total. The Hall–Kier alpha value is -0.621. The Labute approximate surface area is 83.3 Å². The Morgan fingerprint density at radius 1 is 1.54 bits per heavy atom. The molecular weight excluding hydrogens is 243 g/mol. The maximum atomic E-state index is 11.0. The van der Waals surface area contributed by atoms with Gasteiger partial charge in [-0.1, -0.05) is 0 Å². The summed E-state index contributed by atoms with van der Waals surface area (Å²) in [6.07, 6.45) is 0. The third-order valence-electron chi connectivity index (χ3n) is 1.33. The van der Waals surface area contributed by atoms with Crippen molar-refractivity contribution >= 4 is 27.9 Å². The molecule has 13 heavy (non-hydrogen) atoms. The van der Waals surface area contributed by atoms with Crippen LogP contribution < -0.4 is 11.1 Å². The Bertz CT molecular complexity index is 199. The van der Waals surface area contributed by atoms with Gasteiger partial charge in [-0.2, -0.15) is 0 Å². The number of hydrogen-bond acceptors (Lipinski definition) is 4. The molecule has 0 radical (unpaired) electrons. The van der Waals surface area contributed by atoms with Crippen LogP contribution in [0.2, 0.25) is 5.32 Å². The Balaban J connectivity index is 4.09. The summed E-state index contributed by atoms with van der Waals surface area (Å²) < 4.78 is 0. The van der Waals surface area contributed by atoms with Crippen LogP contribution in [0.25, 0.3) is 0 Å². The second kappa shape index (κ2) is 5.93. The fourth-order valence-electron chi connectivity index (χ4n) is 0.547. The van der Waals surface area contributed by atoms with Crippen molar-refractivity contribution in [3.8, 4) is 0 Å². The van der Waals surface area contributed by atoms with Crippen molar-refractivity contribution in [3.63, 3.8) is 0 Å². The van der Waals surface area contributed by atoms with Crippen LogP contribution in [0.1, 0.15) is 0 Å². The number of nitrogens with two attached hydrogens (primary N) is 1. The van der Waals surface area contributed by atoms with Crippen LogP contribution >= 0.6 is 0 Å². The van der Waals surface area contributed by atoms with Crippen LogP contribution in [0.3, 0.4) is 0 Å². The zero-order valence-corrected chi connectivity index (χ0v) is 8.68. The van der Waals surface area contributed by atoms with Gasteiger partial charge in [0.25, 0.3) is 0 Å². The van der Waals surface area contributed by atoms with Crippen LogP contribution in [0.5, 0.6) is 0 Å². The first kappa shape index (κ1) is 12.4. The van der Waals surface area contributed by atoms with Crippen LogP contribution in [0.4, 0.5) is 0 Å². The number of hydrogen-bond donors (Lipinski definition) is 4. The summed E-state index contributed by atoms with van der Waals surface area (Å²) in [5, 5.41) is 19.5. The van der Waals surface area contributed by atoms with Gasteiger partial charge in [-0.25, -0.2) is 0 Å². The third kappa shape index (κ3) is 4.23. The van der Waals surface area contributed by atoms with Crippen molar-refractivity contribution in [2.45, 2.75) is 17.4 Å². The molecule has 2 atom stereocenters. The van der Waals surface area contributed by atoms with Crippen LogP contribution in [0, 0.1) is 0 Å². The van der Waals surface area contributed by atoms with Crippen molar-refractivity contribution in [1.82, 2.24) is 5.32 Å². The van der Waals surface area contributed by atoms with E-state index >= 15 is 0 Å². The number of aliphatic carboxylic acids is 1. The fourth-order valence-corrected chi connectivity index (χ4v) is 0.895. The zero-order chi connectivity index (χ0) is 10.4. The molecule has 0 aromatic rings. The van der Waals surface area contributed by atoms with E-state index in [1.165, 1.54) is 0 Å². The predicted molar refractivity (Wildman–Crippen MR) is 46.6 cm³/mol. The molecule has 0 aliphatic rings. The topological polar surface area (TPSA) is 113 Å². The molecule has 0 aromatic carbocycles. The van der Waals surface area contributed by atoms with Crippen LogP contribution in [-0.2, 0) is 9.59 Å². The van der Waals surface area contributed by atoms with Crippen molar-refractivity contribution in [2.75, 3.05) is 6.61 Å². The van der Waals surface area contributed by atoms with Crippen LogP contribution in [0.15, 0.2) is 0 Å². The molecule has 0 heterocycles. The molecule has 6 nitrogen and oxygen atoms in total. The van der Waals surface area contributed by atoms with Gasteiger partial charge in [-0.05, 0) is 0 Å². The summed E-state index contributed by atoms with van der Waals surface area (Å²) in [5.74, 6) is -1.87. The van der Waals surface area contributed by atoms with E-state index in [2.05, 4.69) is 21.3 Å². The molecule has 0 rings (SSSR count). The Kier molecular flexibility index (Phi) is 5.65. The number of carbonyl (C=O) groups excluding carboxylic acids is 1. The molecule has 0 aromatic heterocycles. The van der Waals surface area contributed by atoms with Gasteiger partial charge in [0.05, 0.1) is 0 Å². The minimum absolute atomic E-state index is 0.358. The summed E-state index contributed by atoms with van der Waals surface area (Å²) in [4.78, 5) is 21.4. The average molecular weight is 255 g/mol. The molecule has 7 heteroatoms. The molecule has 0 spiro atoms. The van der Waals surface area contributed by atoms with E-state index in [0.29, 0.717) is 5.32 Å². The number of aliphatic hydroxyl groups excluding tert-OH is 1. The van der Waals surface area contributed by atoms with Gasteiger partial charge < -0.3 is 0 Å². The van der Waals surface area contributed by atoms with Crippen molar-refractivity contribution in [1.29, 1.82) is 0 Å². The summed E-state index contributed by atoms with van der Waals surface area (Å²) >= 11 is 2.13. The van der Waals surface area contributed by atoms with Gasteiger partial charge in [0.15, 0.2) is 0 Å². The predicted octanol–water partition coefficient (Wildman–Crippen LogP) is -2.81. The minimum atomic E-state index is -1.28. The molecular formula is C6H12N2O4Se. The first-order valence-electron chi connectivity index (χ1n) is 3.53. The summed E-state index contributed by atoms with van der Waals surface area (Å²) in [5.41, 5.74) is 5.32. The van der Waals surface area contributed by atoms with E-state index in [1.54, 1.807) is 0 Å². The third-order valence-corrected chi connectivity index (χ3v) is 2.16. The molecule has 0 aliphatic carbocycles. The second-order valence-corrected chi connectivity index (χ2v) is 3.14. The summed E-state index contributed by atoms with van der Waals surface area (Å²) in [7, 11) is 0. The number of amides is 1. The molecule has 1 amide bonds. The molecule has 0 unspecified atom stereocenters.